The minimum Gasteiger partial charge on any atom is -0.494 e. The largest absolute Gasteiger partial charge is 0.494 e. The first-order chi connectivity index (χ1) is 66.2. The molecule has 716 valence electrons. The molecule has 0 radical (unpaired) electrons. The molecule has 11 rings (SSSR count). The molecule has 11 aromatic rings. The van der Waals surface area contributed by atoms with Crippen molar-refractivity contribution in [3.63, 3.8) is 0 Å². The predicted octanol–water partition coefficient (Wildman–Crippen LogP) is 34.8. The third-order valence-corrected chi connectivity index (χ3v) is 25.3. The van der Waals surface area contributed by atoms with Crippen molar-refractivity contribution in [2.75, 3.05) is 33.5 Å². The van der Waals surface area contributed by atoms with Crippen LogP contribution in [0.1, 0.15) is 328 Å². The van der Waals surface area contributed by atoms with Gasteiger partial charge in [-0.25, -0.2) is 4.79 Å². The van der Waals surface area contributed by atoms with Crippen LogP contribution in [0.5, 0.6) is 57.5 Å². The lowest BCUT2D eigenvalue weighted by atomic mass is 10.0. The van der Waals surface area contributed by atoms with Crippen LogP contribution < -0.4 is 47.4 Å². The fourth-order valence-electron chi connectivity index (χ4n) is 17.0. The van der Waals surface area contributed by atoms with Crippen molar-refractivity contribution in [3.05, 3.63) is 288 Å². The van der Waals surface area contributed by atoms with Gasteiger partial charge in [-0.3, -0.25) is 0 Å². The molecule has 12 nitrogen and oxygen atoms in total. The van der Waals surface area contributed by atoms with Gasteiger partial charge in [-0.15, -0.1) is 0 Å². The first-order valence-corrected chi connectivity index (χ1v) is 51.7. The van der Waals surface area contributed by atoms with E-state index in [9.17, 15) is 4.79 Å². The summed E-state index contributed by atoms with van der Waals surface area (Å²) in [5.41, 5.74) is 14.8. The van der Waals surface area contributed by atoms with Crippen LogP contribution in [0, 0.1) is 0 Å². The quantitative estimate of drug-likeness (QED) is 0.0267. The van der Waals surface area contributed by atoms with Crippen molar-refractivity contribution >= 4 is 5.97 Å². The van der Waals surface area contributed by atoms with Crippen LogP contribution in [-0.2, 0) is 44.4 Å². The van der Waals surface area contributed by atoms with Crippen molar-refractivity contribution in [2.24, 2.45) is 0 Å². The normalized spacial score (nSPS) is 11.2. The number of carbonyl (C=O) groups excluding carboxylic acids is 1. The molecule has 0 N–H and O–H groups in total. The third-order valence-electron chi connectivity index (χ3n) is 25.3. The van der Waals surface area contributed by atoms with E-state index in [1.54, 1.807) is 18.2 Å². The maximum Gasteiger partial charge on any atom is 0.338 e. The molecule has 0 unspecified atom stereocenters. The lowest BCUT2D eigenvalue weighted by molar-refractivity contribution is 0.0599. The molecule has 0 saturated heterocycles. The molecular formula is C122H156O12. The van der Waals surface area contributed by atoms with Crippen LogP contribution in [0.2, 0.25) is 0 Å². The number of benzene rings is 11. The van der Waals surface area contributed by atoms with Crippen LogP contribution in [0.4, 0.5) is 0 Å². The van der Waals surface area contributed by atoms with Crippen molar-refractivity contribution in [3.8, 4) is 102 Å². The van der Waals surface area contributed by atoms with Crippen LogP contribution in [-0.4, -0.2) is 39.5 Å². The van der Waals surface area contributed by atoms with Crippen LogP contribution in [0.3, 0.4) is 0 Å². The molecule has 0 fully saturated rings. The fourth-order valence-corrected chi connectivity index (χ4v) is 17.0. The van der Waals surface area contributed by atoms with E-state index >= 15 is 0 Å². The third kappa shape index (κ3) is 39.1. The van der Waals surface area contributed by atoms with Gasteiger partial charge >= 0.3 is 5.97 Å². The molecule has 0 aliphatic heterocycles. The van der Waals surface area contributed by atoms with Gasteiger partial charge in [-0.05, 0) is 189 Å². The monoisotopic (exact) mass is 1810 g/mol. The van der Waals surface area contributed by atoms with Gasteiger partial charge < -0.3 is 52.1 Å². The van der Waals surface area contributed by atoms with E-state index in [2.05, 4.69) is 222 Å². The summed E-state index contributed by atoms with van der Waals surface area (Å²) >= 11 is 0. The molecule has 0 amide bonds. The summed E-state index contributed by atoms with van der Waals surface area (Å²) in [5, 5.41) is 0. The predicted molar refractivity (Wildman–Crippen MR) is 554 cm³/mol. The highest BCUT2D eigenvalue weighted by atomic mass is 16.5. The highest BCUT2D eigenvalue weighted by Gasteiger charge is 2.18. The molecule has 0 atom stereocenters. The summed E-state index contributed by atoms with van der Waals surface area (Å²) in [6, 6.07) is 84.5. The Balaban J connectivity index is 0.731. The Bertz CT molecular complexity index is 4660. The molecule has 11 aromatic carbocycles. The molecule has 0 spiro atoms. The summed E-state index contributed by atoms with van der Waals surface area (Å²) in [5.74, 6) is 6.19. The molecule has 0 aromatic heterocycles. The van der Waals surface area contributed by atoms with Crippen molar-refractivity contribution < 1.29 is 56.9 Å². The Morgan fingerprint density at radius 3 is 0.597 bits per heavy atom. The Kier molecular flexibility index (Phi) is 48.2. The maximum absolute atomic E-state index is 13.5. The highest BCUT2D eigenvalue weighted by molar-refractivity contribution is 5.90. The van der Waals surface area contributed by atoms with Crippen LogP contribution in [0.25, 0.3) is 44.5 Å². The Hall–Kier alpha value is -11.1. The van der Waals surface area contributed by atoms with Crippen LogP contribution >= 0.6 is 0 Å². The molecule has 0 bridgehead atoms. The zero-order valence-corrected chi connectivity index (χ0v) is 81.9. The first kappa shape index (κ1) is 103. The minimum atomic E-state index is -0.530. The SMILES string of the molecule is CCCCCCCCCCCCOc1ccc(-c2ccc(COc3ccc(COc4cc(OCc5ccc(OCc6ccc(-c7ccc(OCCCCCCCCCCCC)cc7)cc6)c(OCc6ccc(-c7ccc(OCCCCCCCCCCCC)cc7)cc6)c5)cc(C(=O)OC)c4)cc3OCc3ccc(-c4ccc(OCCCCCCCCCCCC)cc4)cc3)cc2)cc1. The topological polar surface area (TPSA) is 119 Å². The van der Waals surface area contributed by atoms with Gasteiger partial charge in [0.25, 0.3) is 0 Å². The zero-order chi connectivity index (χ0) is 93.1. The lowest BCUT2D eigenvalue weighted by Gasteiger charge is -2.16. The van der Waals surface area contributed by atoms with E-state index in [0.717, 1.165) is 153 Å². The number of hydrogen-bond donors (Lipinski definition) is 0. The van der Waals surface area contributed by atoms with Gasteiger partial charge in [0.2, 0.25) is 0 Å². The highest BCUT2D eigenvalue weighted by Crippen LogP contribution is 2.37. The molecule has 12 heteroatoms. The standard InChI is InChI=1S/C122H156O12/c1-6-10-14-18-22-26-30-34-38-42-82-125-112-72-64-107(65-73-112)103-56-46-97(47-57-103)91-131-118-80-54-101(86-120(118)133-93-99-50-60-105(61-51-99)109-68-76-114(77-69-109)127-84-44-40-36-32-28-24-20-16-12-8-3)95-129-116-88-111(122(123)124-5)89-117(90-116)130-96-102-55-81-119(132-92-98-48-58-104(59-49-98)108-66-74-113(75-67-108)126-83-43-39-35-31-27-23-19-15-11-7-2)121(87-102)134-94-100-52-62-106(63-53-100)110-70-78-115(79-71-110)128-85-45-41-37-33-29-25-21-17-13-9-4/h46-81,86-90H,6-45,82-85,91-96H2,1-5H3. The van der Waals surface area contributed by atoms with Gasteiger partial charge in [0.05, 0.1) is 39.1 Å². The fraction of sp³-hybridized carbons (Fsp3) is 0.451. The van der Waals surface area contributed by atoms with Crippen molar-refractivity contribution in [1.29, 1.82) is 0 Å². The van der Waals surface area contributed by atoms with Gasteiger partial charge in [-0.2, -0.15) is 0 Å². The number of rotatable bonds is 71. The average Bonchev–Trinajstić information content (AvgIpc) is 0.838. The Morgan fingerprint density at radius 2 is 0.373 bits per heavy atom. The molecule has 0 aliphatic rings. The van der Waals surface area contributed by atoms with E-state index in [1.807, 2.05) is 36.4 Å². The first-order valence-electron chi connectivity index (χ1n) is 51.7. The number of methoxy groups -OCH3 is 1. The number of carbonyl (C=O) groups is 1. The van der Waals surface area contributed by atoms with Crippen molar-refractivity contribution in [2.45, 2.75) is 324 Å². The Labute approximate surface area is 805 Å². The molecule has 134 heavy (non-hydrogen) atoms. The summed E-state index contributed by atoms with van der Waals surface area (Å²) < 4.78 is 69.9. The lowest BCUT2D eigenvalue weighted by Crippen LogP contribution is -2.05. The van der Waals surface area contributed by atoms with Gasteiger partial charge in [0, 0.05) is 6.07 Å². The van der Waals surface area contributed by atoms with E-state index in [0.29, 0.717) is 47.7 Å². The second-order valence-corrected chi connectivity index (χ2v) is 36.5. The smallest absolute Gasteiger partial charge is 0.338 e. The van der Waals surface area contributed by atoms with Gasteiger partial charge in [0.1, 0.15) is 74.1 Å². The second-order valence-electron chi connectivity index (χ2n) is 36.5. The van der Waals surface area contributed by atoms with E-state index in [1.165, 1.54) is 238 Å². The molecule has 0 saturated carbocycles. The summed E-state index contributed by atoms with van der Waals surface area (Å²) in [4.78, 5) is 13.5. The van der Waals surface area contributed by atoms with Gasteiger partial charge in [0.15, 0.2) is 23.0 Å². The number of unbranched alkanes of at least 4 members (excludes halogenated alkanes) is 36. The van der Waals surface area contributed by atoms with E-state index < -0.39 is 5.97 Å². The molecular weight excluding hydrogens is 1660 g/mol. The second kappa shape index (κ2) is 62.5. The van der Waals surface area contributed by atoms with Gasteiger partial charge in [-0.1, -0.05) is 417 Å². The minimum absolute atomic E-state index is 0.132. The average molecular weight is 1810 g/mol. The number of esters is 1. The molecule has 0 heterocycles. The number of hydrogen-bond acceptors (Lipinski definition) is 12. The summed E-state index contributed by atoms with van der Waals surface area (Å²) in [6.07, 6.45) is 52.0. The van der Waals surface area contributed by atoms with Crippen LogP contribution in [0.15, 0.2) is 249 Å². The van der Waals surface area contributed by atoms with Crippen molar-refractivity contribution in [1.82, 2.24) is 0 Å². The number of ether oxygens (including phenoxy) is 11. The Morgan fingerprint density at radius 1 is 0.179 bits per heavy atom. The van der Waals surface area contributed by atoms with E-state index in [4.69, 9.17) is 52.1 Å². The molecule has 0 aliphatic carbocycles. The summed E-state index contributed by atoms with van der Waals surface area (Å²) in [7, 11) is 1.37. The maximum atomic E-state index is 13.5. The summed E-state index contributed by atoms with van der Waals surface area (Å²) in [6.45, 7) is 13.5. The van der Waals surface area contributed by atoms with E-state index in [-0.39, 0.29) is 32.0 Å². The zero-order valence-electron chi connectivity index (χ0n) is 81.9.